The number of hydrogen-bond donors (Lipinski definition) is 1. The van der Waals surface area contributed by atoms with E-state index in [-0.39, 0.29) is 11.9 Å². The van der Waals surface area contributed by atoms with Crippen molar-refractivity contribution in [3.63, 3.8) is 0 Å². The standard InChI is InChI=1S/C34H31N5O/c1-23(40)39-33(24-17-19-26(20-18-24)38(2)3)21-32(37-39)28-14-8-9-15-30(28)35-22-29-27-13-7-10-16-31(27)36-34(29)25-11-5-4-6-12-25/h4-20,22,33,36H,21H2,1-3H3. The van der Waals surface area contributed by atoms with Gasteiger partial charge in [-0.15, -0.1) is 0 Å². The van der Waals surface area contributed by atoms with Gasteiger partial charge in [-0.1, -0.05) is 78.9 Å². The number of hydrazone groups is 1. The predicted molar refractivity (Wildman–Crippen MR) is 165 cm³/mol. The van der Waals surface area contributed by atoms with Crippen molar-refractivity contribution in [2.75, 3.05) is 19.0 Å². The molecule has 1 N–H and O–H groups in total. The number of hydrogen-bond acceptors (Lipinski definition) is 4. The predicted octanol–water partition coefficient (Wildman–Crippen LogP) is 7.35. The van der Waals surface area contributed by atoms with Gasteiger partial charge in [-0.2, -0.15) is 5.10 Å². The van der Waals surface area contributed by atoms with E-state index in [4.69, 9.17) is 10.1 Å². The van der Waals surface area contributed by atoms with Crippen LogP contribution in [0.1, 0.15) is 36.1 Å². The van der Waals surface area contributed by atoms with E-state index in [1.54, 1.807) is 11.9 Å². The van der Waals surface area contributed by atoms with E-state index in [0.29, 0.717) is 6.42 Å². The van der Waals surface area contributed by atoms with Gasteiger partial charge in [0, 0.05) is 61.4 Å². The van der Waals surface area contributed by atoms with Crippen LogP contribution in [0.25, 0.3) is 22.2 Å². The third-order valence-electron chi connectivity index (χ3n) is 7.38. The first kappa shape index (κ1) is 25.3. The normalized spacial score (nSPS) is 15.1. The van der Waals surface area contributed by atoms with Gasteiger partial charge >= 0.3 is 0 Å². The van der Waals surface area contributed by atoms with Gasteiger partial charge in [0.2, 0.25) is 5.91 Å². The molecule has 5 aromatic rings. The topological polar surface area (TPSA) is 64.1 Å². The molecule has 0 aliphatic carbocycles. The van der Waals surface area contributed by atoms with Crippen LogP contribution in [0, 0.1) is 0 Å². The fourth-order valence-corrected chi connectivity index (χ4v) is 5.31. The van der Waals surface area contributed by atoms with E-state index in [2.05, 4.69) is 58.4 Å². The van der Waals surface area contributed by atoms with Crippen LogP contribution in [0.3, 0.4) is 0 Å². The zero-order chi connectivity index (χ0) is 27.6. The molecule has 0 spiro atoms. The van der Waals surface area contributed by atoms with Crippen LogP contribution in [-0.4, -0.2) is 41.9 Å². The molecule has 1 atom stereocenters. The summed E-state index contributed by atoms with van der Waals surface area (Å²) in [6, 6.07) is 34.8. The molecule has 0 saturated carbocycles. The third-order valence-corrected chi connectivity index (χ3v) is 7.38. The Balaban J connectivity index is 1.36. The first-order chi connectivity index (χ1) is 19.5. The Labute approximate surface area is 234 Å². The monoisotopic (exact) mass is 525 g/mol. The fourth-order valence-electron chi connectivity index (χ4n) is 5.31. The molecule has 6 rings (SSSR count). The van der Waals surface area contributed by atoms with E-state index in [1.807, 2.05) is 74.9 Å². The van der Waals surface area contributed by atoms with Crippen molar-refractivity contribution in [3.05, 3.63) is 120 Å². The summed E-state index contributed by atoms with van der Waals surface area (Å²) >= 11 is 0. The van der Waals surface area contributed by atoms with Crippen molar-refractivity contribution in [3.8, 4) is 11.3 Å². The molecule has 0 fully saturated rings. The van der Waals surface area contributed by atoms with Crippen molar-refractivity contribution < 1.29 is 4.79 Å². The average molecular weight is 526 g/mol. The van der Waals surface area contributed by atoms with E-state index >= 15 is 0 Å². The highest BCUT2D eigenvalue weighted by Gasteiger charge is 2.32. The second kappa shape index (κ2) is 10.7. The van der Waals surface area contributed by atoms with Crippen LogP contribution in [0.2, 0.25) is 0 Å². The number of aromatic amines is 1. The summed E-state index contributed by atoms with van der Waals surface area (Å²) < 4.78 is 0. The van der Waals surface area contributed by atoms with Gasteiger partial charge in [-0.05, 0) is 35.4 Å². The number of para-hydroxylation sites is 2. The SMILES string of the molecule is CC(=O)N1N=C(c2ccccc2N=Cc2c(-c3ccccc3)[nH]c3ccccc23)CC1c1ccc(N(C)C)cc1. The third kappa shape index (κ3) is 4.80. The molecule has 0 radical (unpaired) electrons. The summed E-state index contributed by atoms with van der Waals surface area (Å²) in [5.41, 5.74) is 9.02. The van der Waals surface area contributed by atoms with Crippen LogP contribution < -0.4 is 4.90 Å². The van der Waals surface area contributed by atoms with Crippen molar-refractivity contribution in [1.29, 1.82) is 0 Å². The first-order valence-corrected chi connectivity index (χ1v) is 13.4. The number of H-pyrrole nitrogens is 1. The lowest BCUT2D eigenvalue weighted by atomic mass is 9.97. The minimum absolute atomic E-state index is 0.0797. The van der Waals surface area contributed by atoms with Crippen LogP contribution in [0.5, 0.6) is 0 Å². The molecule has 1 aliphatic heterocycles. The van der Waals surface area contributed by atoms with Crippen molar-refractivity contribution in [1.82, 2.24) is 9.99 Å². The van der Waals surface area contributed by atoms with Gasteiger partial charge in [0.25, 0.3) is 0 Å². The Kier molecular flexibility index (Phi) is 6.74. The van der Waals surface area contributed by atoms with E-state index in [0.717, 1.165) is 55.9 Å². The Bertz CT molecular complexity index is 1730. The van der Waals surface area contributed by atoms with Crippen molar-refractivity contribution in [2.45, 2.75) is 19.4 Å². The van der Waals surface area contributed by atoms with Gasteiger partial charge in [0.1, 0.15) is 0 Å². The van der Waals surface area contributed by atoms with Gasteiger partial charge in [-0.3, -0.25) is 9.79 Å². The quantitative estimate of drug-likeness (QED) is 0.236. The minimum Gasteiger partial charge on any atom is -0.378 e. The second-order valence-electron chi connectivity index (χ2n) is 10.2. The minimum atomic E-state index is -0.154. The number of carbonyl (C=O) groups is 1. The maximum absolute atomic E-state index is 12.6. The van der Waals surface area contributed by atoms with Crippen LogP contribution in [0.4, 0.5) is 11.4 Å². The maximum Gasteiger partial charge on any atom is 0.240 e. The fraction of sp³-hybridized carbons (Fsp3) is 0.147. The van der Waals surface area contributed by atoms with Crippen molar-refractivity contribution >= 4 is 40.1 Å². The number of anilines is 1. The highest BCUT2D eigenvalue weighted by atomic mass is 16.2. The number of aromatic nitrogens is 1. The molecule has 6 heteroatoms. The van der Waals surface area contributed by atoms with Gasteiger partial charge in [0.05, 0.1) is 23.1 Å². The zero-order valence-corrected chi connectivity index (χ0v) is 22.9. The molecule has 4 aromatic carbocycles. The number of aliphatic imine (C=N–C) groups is 1. The number of fused-ring (bicyclic) bond motifs is 1. The molecule has 6 nitrogen and oxygen atoms in total. The molecule has 1 amide bonds. The van der Waals surface area contributed by atoms with Crippen LogP contribution >= 0.6 is 0 Å². The second-order valence-corrected chi connectivity index (χ2v) is 10.2. The van der Waals surface area contributed by atoms with Gasteiger partial charge in [0.15, 0.2) is 0 Å². The lowest BCUT2D eigenvalue weighted by molar-refractivity contribution is -0.130. The maximum atomic E-state index is 12.6. The highest BCUT2D eigenvalue weighted by molar-refractivity contribution is 6.09. The van der Waals surface area contributed by atoms with Crippen LogP contribution in [0.15, 0.2) is 113 Å². The van der Waals surface area contributed by atoms with Gasteiger partial charge < -0.3 is 9.88 Å². The molecule has 0 bridgehead atoms. The number of nitrogens with one attached hydrogen (secondary N) is 1. The molecule has 1 aromatic heterocycles. The summed E-state index contributed by atoms with van der Waals surface area (Å²) in [6.45, 7) is 1.57. The highest BCUT2D eigenvalue weighted by Crippen LogP contribution is 2.36. The summed E-state index contributed by atoms with van der Waals surface area (Å²) in [5, 5.41) is 7.52. The molecule has 1 unspecified atom stereocenters. The largest absolute Gasteiger partial charge is 0.378 e. The number of benzene rings is 4. The number of carbonyl (C=O) groups excluding carboxylic acids is 1. The summed E-state index contributed by atoms with van der Waals surface area (Å²) in [4.78, 5) is 23.3. The zero-order valence-electron chi connectivity index (χ0n) is 22.9. The van der Waals surface area contributed by atoms with E-state index in [9.17, 15) is 4.79 Å². The van der Waals surface area contributed by atoms with Gasteiger partial charge in [-0.25, -0.2) is 5.01 Å². The van der Waals surface area contributed by atoms with E-state index < -0.39 is 0 Å². The Morgan fingerprint density at radius 2 is 1.62 bits per heavy atom. The Morgan fingerprint density at radius 1 is 0.925 bits per heavy atom. The lowest BCUT2D eigenvalue weighted by Crippen LogP contribution is -2.24. The number of nitrogens with zero attached hydrogens (tertiary/aromatic N) is 4. The Morgan fingerprint density at radius 3 is 2.38 bits per heavy atom. The summed E-state index contributed by atoms with van der Waals surface area (Å²) in [5.74, 6) is -0.0797. The van der Waals surface area contributed by atoms with E-state index in [1.165, 1.54) is 0 Å². The molecule has 0 saturated heterocycles. The lowest BCUT2D eigenvalue weighted by Gasteiger charge is -2.21. The first-order valence-electron chi connectivity index (χ1n) is 13.4. The molecule has 198 valence electrons. The molecule has 1 aliphatic rings. The van der Waals surface area contributed by atoms with Crippen molar-refractivity contribution in [2.24, 2.45) is 10.1 Å². The summed E-state index contributed by atoms with van der Waals surface area (Å²) in [6.07, 6.45) is 2.56. The molecule has 40 heavy (non-hydrogen) atoms. The molecule has 2 heterocycles. The molecular formula is C34H31N5O. The number of rotatable bonds is 6. The number of amides is 1. The smallest absolute Gasteiger partial charge is 0.240 e. The average Bonchev–Trinajstić information content (AvgIpc) is 3.59. The Hall–Kier alpha value is -4.97. The summed E-state index contributed by atoms with van der Waals surface area (Å²) in [7, 11) is 4.04. The molecular weight excluding hydrogens is 494 g/mol. The van der Waals surface area contributed by atoms with Crippen LogP contribution in [-0.2, 0) is 4.79 Å².